The van der Waals surface area contributed by atoms with Crippen LogP contribution in [0.4, 0.5) is 13.2 Å². The minimum Gasteiger partial charge on any atom is -0.406 e. The number of aromatic nitrogens is 1. The summed E-state index contributed by atoms with van der Waals surface area (Å²) >= 11 is 0. The fourth-order valence-electron chi connectivity index (χ4n) is 2.90. The van der Waals surface area contributed by atoms with Crippen molar-refractivity contribution in [2.75, 3.05) is 26.2 Å². The summed E-state index contributed by atoms with van der Waals surface area (Å²) in [5.74, 6) is -0.216. The van der Waals surface area contributed by atoms with E-state index in [1.54, 1.807) is 18.3 Å². The third-order valence-electron chi connectivity index (χ3n) is 3.91. The zero-order valence-electron chi connectivity index (χ0n) is 13.0. The fraction of sp³-hybridized carbons (Fsp3) is 0.353. The van der Waals surface area contributed by atoms with E-state index >= 15 is 0 Å². The normalized spacial score (nSPS) is 17.5. The van der Waals surface area contributed by atoms with E-state index in [9.17, 15) is 13.2 Å². The van der Waals surface area contributed by atoms with Gasteiger partial charge in [0.05, 0.1) is 11.7 Å². The van der Waals surface area contributed by atoms with E-state index in [4.69, 9.17) is 0 Å². The van der Waals surface area contributed by atoms with Gasteiger partial charge in [0.1, 0.15) is 5.75 Å². The largest absolute Gasteiger partial charge is 0.573 e. The van der Waals surface area contributed by atoms with Gasteiger partial charge in [-0.3, -0.25) is 9.88 Å². The first-order chi connectivity index (χ1) is 11.5. The van der Waals surface area contributed by atoms with Crippen LogP contribution in [-0.2, 0) is 0 Å². The molecule has 1 N–H and O–H groups in total. The van der Waals surface area contributed by atoms with Gasteiger partial charge in [0.2, 0.25) is 0 Å². The fourth-order valence-corrected chi connectivity index (χ4v) is 2.90. The van der Waals surface area contributed by atoms with Crippen LogP contribution in [0.5, 0.6) is 5.75 Å². The number of alkyl halides is 3. The number of hydrogen-bond donors (Lipinski definition) is 1. The number of nitrogens with zero attached hydrogens (tertiary/aromatic N) is 2. The Kier molecular flexibility index (Phi) is 5.01. The first kappa shape index (κ1) is 16.7. The van der Waals surface area contributed by atoms with E-state index in [1.807, 2.05) is 18.2 Å². The van der Waals surface area contributed by atoms with Gasteiger partial charge in [0.15, 0.2) is 0 Å². The SMILES string of the molecule is FC(F)(F)Oc1ccc([C@@H](c2ccccn2)N2CCNCC2)cc1. The Bertz CT molecular complexity index is 640. The van der Waals surface area contributed by atoms with Gasteiger partial charge in [-0.1, -0.05) is 18.2 Å². The number of benzene rings is 1. The Morgan fingerprint density at radius 3 is 2.33 bits per heavy atom. The van der Waals surface area contributed by atoms with E-state index in [0.29, 0.717) is 0 Å². The summed E-state index contributed by atoms with van der Waals surface area (Å²) < 4.78 is 40.9. The van der Waals surface area contributed by atoms with Crippen molar-refractivity contribution in [1.29, 1.82) is 0 Å². The van der Waals surface area contributed by atoms with Crippen molar-refractivity contribution in [3.05, 3.63) is 59.9 Å². The first-order valence-electron chi connectivity index (χ1n) is 7.74. The summed E-state index contributed by atoms with van der Waals surface area (Å²) in [6.45, 7) is 3.45. The molecule has 7 heteroatoms. The van der Waals surface area contributed by atoms with Gasteiger partial charge in [-0.05, 0) is 29.8 Å². The average Bonchev–Trinajstić information content (AvgIpc) is 2.57. The van der Waals surface area contributed by atoms with Crippen molar-refractivity contribution in [2.24, 2.45) is 0 Å². The molecule has 128 valence electrons. The Balaban J connectivity index is 1.87. The minimum atomic E-state index is -4.68. The lowest BCUT2D eigenvalue weighted by Crippen LogP contribution is -2.45. The zero-order valence-corrected chi connectivity index (χ0v) is 13.0. The van der Waals surface area contributed by atoms with Crippen molar-refractivity contribution in [3.63, 3.8) is 0 Å². The summed E-state index contributed by atoms with van der Waals surface area (Å²) in [4.78, 5) is 6.72. The van der Waals surface area contributed by atoms with E-state index in [1.165, 1.54) is 12.1 Å². The second-order valence-electron chi connectivity index (χ2n) is 5.56. The molecule has 0 saturated carbocycles. The lowest BCUT2D eigenvalue weighted by molar-refractivity contribution is -0.274. The van der Waals surface area contributed by atoms with E-state index in [0.717, 1.165) is 37.4 Å². The van der Waals surface area contributed by atoms with Gasteiger partial charge in [-0.15, -0.1) is 13.2 Å². The number of piperazine rings is 1. The minimum absolute atomic E-state index is 0.0896. The molecule has 0 spiro atoms. The predicted molar refractivity (Wildman–Crippen MR) is 83.6 cm³/mol. The van der Waals surface area contributed by atoms with Crippen molar-refractivity contribution < 1.29 is 17.9 Å². The second-order valence-corrected chi connectivity index (χ2v) is 5.56. The van der Waals surface area contributed by atoms with Crippen LogP contribution in [0.1, 0.15) is 17.3 Å². The highest BCUT2D eigenvalue weighted by Crippen LogP contribution is 2.30. The Labute approximate surface area is 138 Å². The highest BCUT2D eigenvalue weighted by atomic mass is 19.4. The second kappa shape index (κ2) is 7.19. The van der Waals surface area contributed by atoms with E-state index in [2.05, 4.69) is 19.9 Å². The molecular formula is C17H18F3N3O. The Hall–Kier alpha value is -2.12. The van der Waals surface area contributed by atoms with Crippen LogP contribution in [0.2, 0.25) is 0 Å². The van der Waals surface area contributed by atoms with Crippen LogP contribution in [0.15, 0.2) is 48.7 Å². The Morgan fingerprint density at radius 2 is 1.75 bits per heavy atom. The number of pyridine rings is 1. The number of hydrogen-bond acceptors (Lipinski definition) is 4. The number of halogens is 3. The number of nitrogens with one attached hydrogen (secondary N) is 1. The van der Waals surface area contributed by atoms with Gasteiger partial charge in [-0.25, -0.2) is 0 Å². The molecule has 1 aliphatic heterocycles. The van der Waals surface area contributed by atoms with E-state index < -0.39 is 6.36 Å². The van der Waals surface area contributed by atoms with Crippen molar-refractivity contribution in [3.8, 4) is 5.75 Å². The molecule has 1 aromatic carbocycles. The molecule has 0 unspecified atom stereocenters. The molecule has 1 aliphatic rings. The molecule has 1 atom stereocenters. The van der Waals surface area contributed by atoms with Crippen LogP contribution in [0.25, 0.3) is 0 Å². The van der Waals surface area contributed by atoms with Gasteiger partial charge < -0.3 is 10.1 Å². The summed E-state index contributed by atoms with van der Waals surface area (Å²) in [6, 6.07) is 11.6. The highest BCUT2D eigenvalue weighted by Gasteiger charge is 2.31. The molecule has 1 saturated heterocycles. The third-order valence-corrected chi connectivity index (χ3v) is 3.91. The lowest BCUT2D eigenvalue weighted by atomic mass is 10.0. The molecule has 2 heterocycles. The number of rotatable bonds is 4. The molecule has 0 bridgehead atoms. The zero-order chi connectivity index (χ0) is 17.0. The van der Waals surface area contributed by atoms with Gasteiger partial charge >= 0.3 is 6.36 Å². The summed E-state index contributed by atoms with van der Waals surface area (Å²) in [5, 5.41) is 3.30. The maximum absolute atomic E-state index is 12.3. The van der Waals surface area contributed by atoms with Crippen molar-refractivity contribution in [1.82, 2.24) is 15.2 Å². The highest BCUT2D eigenvalue weighted by molar-refractivity contribution is 5.33. The maximum atomic E-state index is 12.3. The molecule has 1 fully saturated rings. The molecule has 3 rings (SSSR count). The quantitative estimate of drug-likeness (QED) is 0.931. The van der Waals surface area contributed by atoms with Crippen molar-refractivity contribution in [2.45, 2.75) is 12.4 Å². The standard InChI is InChI=1S/C17H18F3N3O/c18-17(19,20)24-14-6-4-13(5-7-14)16(15-3-1-2-8-22-15)23-11-9-21-10-12-23/h1-8,16,21H,9-12H2/t16-/m0/s1. The molecule has 0 radical (unpaired) electrons. The van der Waals surface area contributed by atoms with Crippen LogP contribution >= 0.6 is 0 Å². The maximum Gasteiger partial charge on any atom is 0.573 e. The van der Waals surface area contributed by atoms with Crippen LogP contribution in [0, 0.1) is 0 Å². The van der Waals surface area contributed by atoms with Gasteiger partial charge in [0, 0.05) is 32.4 Å². The van der Waals surface area contributed by atoms with Gasteiger partial charge in [-0.2, -0.15) is 0 Å². The van der Waals surface area contributed by atoms with Crippen molar-refractivity contribution >= 4 is 0 Å². The first-order valence-corrected chi connectivity index (χ1v) is 7.74. The van der Waals surface area contributed by atoms with E-state index in [-0.39, 0.29) is 11.8 Å². The topological polar surface area (TPSA) is 37.4 Å². The van der Waals surface area contributed by atoms with Crippen LogP contribution in [-0.4, -0.2) is 42.4 Å². The summed E-state index contributed by atoms with van der Waals surface area (Å²) in [5.41, 5.74) is 1.77. The Morgan fingerprint density at radius 1 is 1.04 bits per heavy atom. The van der Waals surface area contributed by atoms with Crippen LogP contribution < -0.4 is 10.1 Å². The number of ether oxygens (including phenoxy) is 1. The molecular weight excluding hydrogens is 319 g/mol. The average molecular weight is 337 g/mol. The molecule has 2 aromatic rings. The lowest BCUT2D eigenvalue weighted by Gasteiger charge is -2.35. The molecule has 24 heavy (non-hydrogen) atoms. The molecule has 0 aliphatic carbocycles. The molecule has 4 nitrogen and oxygen atoms in total. The van der Waals surface area contributed by atoms with Crippen LogP contribution in [0.3, 0.4) is 0 Å². The third kappa shape index (κ3) is 4.24. The predicted octanol–water partition coefficient (Wildman–Crippen LogP) is 2.97. The summed E-state index contributed by atoms with van der Waals surface area (Å²) in [7, 11) is 0. The smallest absolute Gasteiger partial charge is 0.406 e. The molecule has 0 amide bonds. The summed E-state index contributed by atoms with van der Waals surface area (Å²) in [6.07, 6.45) is -2.95. The van der Waals surface area contributed by atoms with Gasteiger partial charge in [0.25, 0.3) is 0 Å². The molecule has 1 aromatic heterocycles. The monoisotopic (exact) mass is 337 g/mol.